The number of alkyl halides is 5. The maximum absolute atomic E-state index is 13.9. The highest BCUT2D eigenvalue weighted by atomic mass is 79.9. The normalized spacial score (nSPS) is 11.3. The Bertz CT molecular complexity index is 3880. The van der Waals surface area contributed by atoms with E-state index in [0.717, 1.165) is 58.3 Å². The summed E-state index contributed by atoms with van der Waals surface area (Å²) in [5.74, 6) is 9.03. The van der Waals surface area contributed by atoms with Gasteiger partial charge in [0.15, 0.2) is 11.6 Å². The van der Waals surface area contributed by atoms with Gasteiger partial charge in [-0.05, 0) is 121 Å². The first-order chi connectivity index (χ1) is 35.4. The predicted molar refractivity (Wildman–Crippen MR) is 278 cm³/mol. The first kappa shape index (κ1) is 50.2. The zero-order chi connectivity index (χ0) is 52.1. The lowest BCUT2D eigenvalue weighted by Gasteiger charge is -2.13. The van der Waals surface area contributed by atoms with Gasteiger partial charge in [0.25, 0.3) is 5.92 Å². The van der Waals surface area contributed by atoms with Crippen LogP contribution in [0.25, 0.3) is 28.2 Å². The van der Waals surface area contributed by atoms with Gasteiger partial charge in [-0.1, -0.05) is 94.5 Å². The highest BCUT2D eigenvalue weighted by molar-refractivity contribution is 9.10. The number of halogens is 6. The lowest BCUT2D eigenvalue weighted by molar-refractivity contribution is -0.137. The first-order valence-corrected chi connectivity index (χ1v) is 23.9. The van der Waals surface area contributed by atoms with Crippen LogP contribution in [-0.4, -0.2) is 39.9 Å². The van der Waals surface area contributed by atoms with E-state index < -0.39 is 17.7 Å². The molecule has 0 amide bonds. The van der Waals surface area contributed by atoms with Gasteiger partial charge in [0, 0.05) is 81.9 Å². The summed E-state index contributed by atoms with van der Waals surface area (Å²) in [7, 11) is 0. The number of carbonyl (C=O) groups excluding carboxylic acids is 2. The summed E-state index contributed by atoms with van der Waals surface area (Å²) in [5, 5.41) is 0. The van der Waals surface area contributed by atoms with E-state index in [2.05, 4.69) is 54.6 Å². The molecule has 5 heterocycles. The molecule has 0 unspecified atom stereocenters. The van der Waals surface area contributed by atoms with Crippen LogP contribution < -0.4 is 0 Å². The van der Waals surface area contributed by atoms with Crippen molar-refractivity contribution in [2.24, 2.45) is 0 Å². The largest absolute Gasteiger partial charge is 0.416 e. The number of fused-ring (bicyclic) bond motifs is 2. The average molecular weight is 1050 g/mol. The van der Waals surface area contributed by atoms with Crippen molar-refractivity contribution in [1.29, 1.82) is 0 Å². The molecule has 74 heavy (non-hydrogen) atoms. The maximum atomic E-state index is 13.9. The number of ketones is 2. The van der Waals surface area contributed by atoms with Gasteiger partial charge < -0.3 is 4.57 Å². The first-order valence-electron chi connectivity index (χ1n) is 23.1. The number of benzene rings is 5. The van der Waals surface area contributed by atoms with Crippen LogP contribution in [0.2, 0.25) is 0 Å². The number of aromatic nitrogens is 6. The van der Waals surface area contributed by atoms with E-state index in [1.54, 1.807) is 61.1 Å². The van der Waals surface area contributed by atoms with E-state index in [1.165, 1.54) is 23.0 Å². The van der Waals surface area contributed by atoms with Gasteiger partial charge in [-0.15, -0.1) is 0 Å². The molecule has 5 aromatic heterocycles. The Hall–Kier alpha value is -8.72. The third kappa shape index (κ3) is 11.8. The van der Waals surface area contributed by atoms with Crippen LogP contribution in [0, 0.1) is 37.5 Å². The molecule has 0 N–H and O–H groups in total. The van der Waals surface area contributed by atoms with E-state index >= 15 is 0 Å². The predicted octanol–water partition coefficient (Wildman–Crippen LogP) is 13.7. The molecule has 5 aromatic carbocycles. The van der Waals surface area contributed by atoms with Gasteiger partial charge >= 0.3 is 6.18 Å². The average Bonchev–Trinajstić information content (AvgIpc) is 4.15. The fourth-order valence-corrected chi connectivity index (χ4v) is 8.61. The van der Waals surface area contributed by atoms with Gasteiger partial charge in [-0.3, -0.25) is 18.4 Å². The summed E-state index contributed by atoms with van der Waals surface area (Å²) in [6.07, 6.45) is 5.53. The zero-order valence-electron chi connectivity index (χ0n) is 39.9. The van der Waals surface area contributed by atoms with Crippen LogP contribution in [0.1, 0.15) is 83.5 Å². The molecular weight excluding hydrogens is 1010 g/mol. The molecule has 14 heteroatoms. The highest BCUT2D eigenvalue weighted by Gasteiger charge is 2.32. The van der Waals surface area contributed by atoms with Gasteiger partial charge in [-0.2, -0.15) is 13.2 Å². The molecule has 0 saturated heterocycles. The van der Waals surface area contributed by atoms with Crippen LogP contribution in [0.5, 0.6) is 0 Å². The van der Waals surface area contributed by atoms with Crippen LogP contribution in [-0.2, 0) is 24.9 Å². The minimum atomic E-state index is -4.58. The smallest absolute Gasteiger partial charge is 0.306 e. The Morgan fingerprint density at radius 1 is 0.581 bits per heavy atom. The minimum Gasteiger partial charge on any atom is -0.306 e. The zero-order valence-corrected chi connectivity index (χ0v) is 41.5. The second-order valence-corrected chi connectivity index (χ2v) is 18.5. The van der Waals surface area contributed by atoms with Crippen molar-refractivity contribution in [3.05, 3.63) is 248 Å². The van der Waals surface area contributed by atoms with Crippen molar-refractivity contribution in [3.8, 4) is 40.6 Å². The lowest BCUT2D eigenvalue weighted by Crippen LogP contribution is -2.10. The van der Waals surface area contributed by atoms with Gasteiger partial charge in [-0.25, -0.2) is 23.7 Å². The highest BCUT2D eigenvalue weighted by Crippen LogP contribution is 2.33. The van der Waals surface area contributed by atoms with Crippen molar-refractivity contribution < 1.29 is 31.5 Å². The summed E-state index contributed by atoms with van der Waals surface area (Å²) in [6, 6.07) is 39.3. The second-order valence-electron chi connectivity index (χ2n) is 17.6. The molecule has 10 rings (SSSR count). The summed E-state index contributed by atoms with van der Waals surface area (Å²) in [6.45, 7) is 4.66. The lowest BCUT2D eigenvalue weighted by atomic mass is 9.97. The summed E-state index contributed by atoms with van der Waals surface area (Å²) < 4.78 is 74.9. The third-order valence-electron chi connectivity index (χ3n) is 12.1. The fraction of sp³-hybridized carbons (Fsp3) is 0.117. The molecule has 0 fully saturated rings. The molecule has 366 valence electrons. The van der Waals surface area contributed by atoms with Crippen LogP contribution in [0.3, 0.4) is 0 Å². The summed E-state index contributed by atoms with van der Waals surface area (Å²) in [5.41, 5.74) is 8.66. The number of hydrogen-bond donors (Lipinski definition) is 0. The Morgan fingerprint density at radius 3 is 1.65 bits per heavy atom. The molecule has 0 spiro atoms. The van der Waals surface area contributed by atoms with E-state index in [4.69, 9.17) is 0 Å². The van der Waals surface area contributed by atoms with Gasteiger partial charge in [0.1, 0.15) is 22.7 Å². The Balaban J connectivity index is 0.000000189. The Labute approximate surface area is 431 Å². The minimum absolute atomic E-state index is 0.0196. The number of pyridine rings is 2. The van der Waals surface area contributed by atoms with Crippen molar-refractivity contribution >= 4 is 38.8 Å². The molecule has 0 aliphatic heterocycles. The SMILES string of the molecule is Cc1ccc(C(=O)Cc2cc(-n3cnc(-c4ccccc4)c3)cc(C(F)(F)F)c2)cc1C#Cc1cnc2ccccn12.Cc1ccc(C(=O)Cc2cc(Br)cc(C(C)(F)F)c2)cc1C#Cc1cnc2ccccn12. The molecule has 0 aliphatic rings. The van der Waals surface area contributed by atoms with Crippen LogP contribution in [0.4, 0.5) is 22.0 Å². The number of rotatable bonds is 9. The molecule has 0 aliphatic carbocycles. The molecule has 0 atom stereocenters. The summed E-state index contributed by atoms with van der Waals surface area (Å²) >= 11 is 3.26. The molecular formula is C60H42BrF5N6O2. The van der Waals surface area contributed by atoms with Crippen LogP contribution >= 0.6 is 15.9 Å². The second kappa shape index (κ2) is 21.2. The number of nitrogens with zero attached hydrogens (tertiary/aromatic N) is 6. The monoisotopic (exact) mass is 1050 g/mol. The van der Waals surface area contributed by atoms with E-state index in [-0.39, 0.29) is 41.2 Å². The number of aryl methyl sites for hydroxylation is 2. The number of Topliss-reactive ketones (excluding diaryl/α,β-unsaturated/α-hetero) is 2. The van der Waals surface area contributed by atoms with Gasteiger partial charge in [0.05, 0.1) is 30.0 Å². The van der Waals surface area contributed by atoms with Crippen molar-refractivity contribution in [1.82, 2.24) is 28.3 Å². The van der Waals surface area contributed by atoms with E-state index in [9.17, 15) is 31.5 Å². The van der Waals surface area contributed by atoms with E-state index in [0.29, 0.717) is 38.1 Å². The van der Waals surface area contributed by atoms with Gasteiger partial charge in [0.2, 0.25) is 0 Å². The maximum Gasteiger partial charge on any atom is 0.416 e. The standard InChI is InChI=1S/C34H23F3N4O.C26H19BrF2N2O/c1-23-10-11-27(18-26(23)12-13-29-20-38-33-9-5-6-14-41(29)33)32(42)17-24-15-28(34(35,36)37)19-30(16-24)40-21-31(39-22-40)25-7-3-2-4-8-25;1-17-6-7-20(24(32)13-18-11-21(26(2,28)29)15-22(27)12-18)14-19(17)8-9-23-16-30-25-5-3-4-10-31(23)25/h2-11,14-16,18-22H,17H2,1H3;3-7,10-12,14-16H,13H2,1-2H3. The molecule has 0 bridgehead atoms. The molecule has 0 radical (unpaired) electrons. The van der Waals surface area contributed by atoms with Crippen molar-refractivity contribution in [2.75, 3.05) is 0 Å². The van der Waals surface area contributed by atoms with E-state index in [1.807, 2.05) is 108 Å². The van der Waals surface area contributed by atoms with Crippen molar-refractivity contribution in [3.63, 3.8) is 0 Å². The van der Waals surface area contributed by atoms with Crippen LogP contribution in [0.15, 0.2) is 181 Å². The topological polar surface area (TPSA) is 86.6 Å². The number of hydrogen-bond acceptors (Lipinski definition) is 5. The summed E-state index contributed by atoms with van der Waals surface area (Å²) in [4.78, 5) is 39.2. The number of carbonyl (C=O) groups is 2. The molecule has 8 nitrogen and oxygen atoms in total. The number of imidazole rings is 3. The Morgan fingerprint density at radius 2 is 1.11 bits per heavy atom. The fourth-order valence-electron chi connectivity index (χ4n) is 8.06. The molecule has 0 saturated carbocycles. The molecule has 10 aromatic rings. The van der Waals surface area contributed by atoms with Crippen molar-refractivity contribution in [2.45, 2.75) is 45.7 Å². The third-order valence-corrected chi connectivity index (χ3v) is 12.5. The quantitative estimate of drug-likeness (QED) is 0.0817. The Kier molecular flexibility index (Phi) is 14.4.